The summed E-state index contributed by atoms with van der Waals surface area (Å²) in [5.74, 6) is -0.00731. The first-order valence-electron chi connectivity index (χ1n) is 6.88. The molecule has 2 atom stereocenters. The van der Waals surface area contributed by atoms with Gasteiger partial charge in [0.1, 0.15) is 6.04 Å². The molecule has 2 aromatic rings. The van der Waals surface area contributed by atoms with Gasteiger partial charge in [-0.25, -0.2) is 0 Å². The molecule has 3 rings (SSSR count). The van der Waals surface area contributed by atoms with E-state index in [1.165, 1.54) is 16.9 Å². The van der Waals surface area contributed by atoms with Crippen LogP contribution in [0.3, 0.4) is 0 Å². The molecule has 1 aliphatic rings. The number of rotatable bonds is 2. The Morgan fingerprint density at radius 2 is 2.15 bits per heavy atom. The fourth-order valence-electron chi connectivity index (χ4n) is 2.76. The number of carbonyl (C=O) groups is 1. The maximum Gasteiger partial charge on any atom is 0.249 e. The number of nitrogens with two attached hydrogens (primary N) is 1. The molecular formula is C16H18N2OS. The highest BCUT2D eigenvalue weighted by Crippen LogP contribution is 2.32. The highest BCUT2D eigenvalue weighted by atomic mass is 32.1. The van der Waals surface area contributed by atoms with Crippen molar-refractivity contribution in [2.75, 3.05) is 4.90 Å². The Morgan fingerprint density at radius 3 is 2.90 bits per heavy atom. The van der Waals surface area contributed by atoms with E-state index in [0.29, 0.717) is 0 Å². The van der Waals surface area contributed by atoms with Crippen molar-refractivity contribution in [3.8, 4) is 0 Å². The molecule has 1 amide bonds. The predicted molar refractivity (Wildman–Crippen MR) is 83.0 cm³/mol. The summed E-state index contributed by atoms with van der Waals surface area (Å²) < 4.78 is 0. The van der Waals surface area contributed by atoms with Gasteiger partial charge in [-0.15, -0.1) is 11.3 Å². The van der Waals surface area contributed by atoms with Crippen molar-refractivity contribution in [1.29, 1.82) is 0 Å². The van der Waals surface area contributed by atoms with Crippen molar-refractivity contribution in [3.63, 3.8) is 0 Å². The SMILES string of the molecule is CC1CCc2ccccc2N1C(=O)C(N)c1cccs1. The van der Waals surface area contributed by atoms with Crippen LogP contribution < -0.4 is 10.6 Å². The molecule has 1 aromatic heterocycles. The van der Waals surface area contributed by atoms with Crippen LogP contribution >= 0.6 is 11.3 Å². The zero-order valence-electron chi connectivity index (χ0n) is 11.5. The van der Waals surface area contributed by atoms with Crippen LogP contribution in [0, 0.1) is 0 Å². The zero-order valence-corrected chi connectivity index (χ0v) is 12.3. The second kappa shape index (κ2) is 5.38. The summed E-state index contributed by atoms with van der Waals surface area (Å²) in [6.45, 7) is 2.09. The van der Waals surface area contributed by atoms with Gasteiger partial charge in [-0.1, -0.05) is 24.3 Å². The maximum absolute atomic E-state index is 12.8. The Morgan fingerprint density at radius 1 is 1.35 bits per heavy atom. The molecule has 4 heteroatoms. The lowest BCUT2D eigenvalue weighted by atomic mass is 9.96. The topological polar surface area (TPSA) is 46.3 Å². The van der Waals surface area contributed by atoms with Crippen molar-refractivity contribution in [1.82, 2.24) is 0 Å². The van der Waals surface area contributed by atoms with Gasteiger partial charge in [0.05, 0.1) is 0 Å². The third-order valence-corrected chi connectivity index (χ3v) is 4.83. The number of hydrogen-bond acceptors (Lipinski definition) is 3. The summed E-state index contributed by atoms with van der Waals surface area (Å²) in [7, 11) is 0. The van der Waals surface area contributed by atoms with Crippen LogP contribution in [-0.2, 0) is 11.2 Å². The minimum atomic E-state index is -0.566. The number of thiophene rings is 1. The van der Waals surface area contributed by atoms with Crippen LogP contribution in [0.25, 0.3) is 0 Å². The average molecular weight is 286 g/mol. The van der Waals surface area contributed by atoms with Crippen LogP contribution in [0.15, 0.2) is 41.8 Å². The Balaban J connectivity index is 1.95. The molecule has 1 aromatic carbocycles. The number of benzene rings is 1. The molecule has 0 saturated heterocycles. The first kappa shape index (κ1) is 13.3. The van der Waals surface area contributed by atoms with Gasteiger partial charge in [0.2, 0.25) is 5.91 Å². The van der Waals surface area contributed by atoms with Crippen molar-refractivity contribution in [2.24, 2.45) is 5.73 Å². The Kier molecular flexibility index (Phi) is 3.59. The summed E-state index contributed by atoms with van der Waals surface area (Å²) in [5.41, 5.74) is 8.40. The quantitative estimate of drug-likeness (QED) is 0.922. The van der Waals surface area contributed by atoms with Gasteiger partial charge in [0, 0.05) is 16.6 Å². The van der Waals surface area contributed by atoms with E-state index in [1.54, 1.807) is 0 Å². The van der Waals surface area contributed by atoms with Crippen LogP contribution in [0.2, 0.25) is 0 Å². The summed E-state index contributed by atoms with van der Waals surface area (Å²) in [6.07, 6.45) is 2.01. The molecule has 0 aliphatic carbocycles. The Labute approximate surface area is 123 Å². The highest BCUT2D eigenvalue weighted by molar-refractivity contribution is 7.10. The minimum Gasteiger partial charge on any atom is -0.316 e. The van der Waals surface area contributed by atoms with Gasteiger partial charge < -0.3 is 10.6 Å². The lowest BCUT2D eigenvalue weighted by Crippen LogP contribution is -2.46. The molecule has 0 spiro atoms. The second-order valence-electron chi connectivity index (χ2n) is 5.22. The molecular weight excluding hydrogens is 268 g/mol. The van der Waals surface area contributed by atoms with Gasteiger partial charge in [0.15, 0.2) is 0 Å². The molecule has 3 nitrogen and oxygen atoms in total. The number of carbonyl (C=O) groups excluding carboxylic acids is 1. The summed E-state index contributed by atoms with van der Waals surface area (Å²) in [5, 5.41) is 1.95. The van der Waals surface area contributed by atoms with E-state index in [0.717, 1.165) is 23.4 Å². The fraction of sp³-hybridized carbons (Fsp3) is 0.312. The monoisotopic (exact) mass is 286 g/mol. The maximum atomic E-state index is 12.8. The smallest absolute Gasteiger partial charge is 0.249 e. The van der Waals surface area contributed by atoms with Crippen LogP contribution in [-0.4, -0.2) is 11.9 Å². The third kappa shape index (κ3) is 2.25. The third-order valence-electron chi connectivity index (χ3n) is 3.88. The molecule has 2 heterocycles. The normalized spacial score (nSPS) is 19.5. The molecule has 0 radical (unpaired) electrons. The number of anilines is 1. The number of hydrogen-bond donors (Lipinski definition) is 1. The van der Waals surface area contributed by atoms with Crippen LogP contribution in [0.1, 0.15) is 29.8 Å². The second-order valence-corrected chi connectivity index (χ2v) is 6.20. The van der Waals surface area contributed by atoms with E-state index in [2.05, 4.69) is 13.0 Å². The molecule has 1 aliphatic heterocycles. The van der Waals surface area contributed by atoms with Crippen molar-refractivity contribution >= 4 is 22.9 Å². The molecule has 0 fully saturated rings. The van der Waals surface area contributed by atoms with Crippen molar-refractivity contribution in [3.05, 3.63) is 52.2 Å². The lowest BCUT2D eigenvalue weighted by Gasteiger charge is -2.36. The fourth-order valence-corrected chi connectivity index (χ4v) is 3.48. The van der Waals surface area contributed by atoms with Gasteiger partial charge in [-0.2, -0.15) is 0 Å². The molecule has 2 unspecified atom stereocenters. The summed E-state index contributed by atoms with van der Waals surface area (Å²) >= 11 is 1.53. The first-order chi connectivity index (χ1) is 9.68. The highest BCUT2D eigenvalue weighted by Gasteiger charge is 2.31. The minimum absolute atomic E-state index is 0.00731. The van der Waals surface area contributed by atoms with Crippen LogP contribution in [0.4, 0.5) is 5.69 Å². The van der Waals surface area contributed by atoms with Crippen molar-refractivity contribution in [2.45, 2.75) is 31.8 Å². The first-order valence-corrected chi connectivity index (χ1v) is 7.76. The van der Waals surface area contributed by atoms with Gasteiger partial charge >= 0.3 is 0 Å². The van der Waals surface area contributed by atoms with E-state index in [4.69, 9.17) is 5.73 Å². The predicted octanol–water partition coefficient (Wildman–Crippen LogP) is 3.12. The van der Waals surface area contributed by atoms with Crippen LogP contribution in [0.5, 0.6) is 0 Å². The number of nitrogens with zero attached hydrogens (tertiary/aromatic N) is 1. The molecule has 20 heavy (non-hydrogen) atoms. The Bertz CT molecular complexity index is 609. The average Bonchev–Trinajstić information content (AvgIpc) is 3.00. The van der Waals surface area contributed by atoms with E-state index >= 15 is 0 Å². The van der Waals surface area contributed by atoms with Gasteiger partial charge in [-0.05, 0) is 42.8 Å². The number of aryl methyl sites for hydroxylation is 1. The summed E-state index contributed by atoms with van der Waals surface area (Å²) in [6, 6.07) is 11.6. The number of amides is 1. The van der Waals surface area contributed by atoms with Gasteiger partial charge in [0.25, 0.3) is 0 Å². The zero-order chi connectivity index (χ0) is 14.1. The standard InChI is InChI=1S/C16H18N2OS/c1-11-8-9-12-5-2-3-6-13(12)18(11)16(19)15(17)14-7-4-10-20-14/h2-7,10-11,15H,8-9,17H2,1H3. The van der Waals surface area contributed by atoms with Gasteiger partial charge in [-0.3, -0.25) is 4.79 Å². The largest absolute Gasteiger partial charge is 0.316 e. The molecule has 0 saturated carbocycles. The van der Waals surface area contributed by atoms with E-state index in [1.807, 2.05) is 40.6 Å². The number of fused-ring (bicyclic) bond motifs is 1. The van der Waals surface area contributed by atoms with E-state index < -0.39 is 6.04 Å². The number of para-hydroxylation sites is 1. The lowest BCUT2D eigenvalue weighted by molar-refractivity contribution is -0.120. The van der Waals surface area contributed by atoms with E-state index in [9.17, 15) is 4.79 Å². The molecule has 2 N–H and O–H groups in total. The molecule has 0 bridgehead atoms. The van der Waals surface area contributed by atoms with Crippen molar-refractivity contribution < 1.29 is 4.79 Å². The Hall–Kier alpha value is -1.65. The van der Waals surface area contributed by atoms with E-state index in [-0.39, 0.29) is 11.9 Å². The molecule has 104 valence electrons. The summed E-state index contributed by atoms with van der Waals surface area (Å²) in [4.78, 5) is 15.6.